The number of nitrogens with zero attached hydrogens (tertiary/aromatic N) is 4. The van der Waals surface area contributed by atoms with Crippen LogP contribution in [0.4, 0.5) is 0 Å². The van der Waals surface area contributed by atoms with Crippen LogP contribution in [0.2, 0.25) is 5.02 Å². The highest BCUT2D eigenvalue weighted by molar-refractivity contribution is 7.98. The van der Waals surface area contributed by atoms with E-state index in [1.807, 2.05) is 31.3 Å². The molecule has 18 heavy (non-hydrogen) atoms. The lowest BCUT2D eigenvalue weighted by Gasteiger charge is -2.04. The third-order valence-corrected chi connectivity index (χ3v) is 3.59. The van der Waals surface area contributed by atoms with E-state index in [0.717, 1.165) is 34.6 Å². The smallest absolute Gasteiger partial charge is 0.209 e. The van der Waals surface area contributed by atoms with E-state index in [-0.39, 0.29) is 0 Å². The van der Waals surface area contributed by atoms with Gasteiger partial charge in [-0.15, -0.1) is 5.10 Å². The molecule has 0 fully saturated rings. The molecule has 0 saturated heterocycles. The first-order chi connectivity index (χ1) is 8.79. The first-order valence-corrected chi connectivity index (χ1v) is 6.94. The maximum Gasteiger partial charge on any atom is 0.209 e. The number of nitrogens with one attached hydrogen (secondary N) is 1. The Kier molecular flexibility index (Phi) is 4.98. The van der Waals surface area contributed by atoms with Crippen molar-refractivity contribution in [3.05, 3.63) is 34.9 Å². The number of hydrogen-bond donors (Lipinski definition) is 1. The van der Waals surface area contributed by atoms with Gasteiger partial charge in [0.1, 0.15) is 0 Å². The van der Waals surface area contributed by atoms with Gasteiger partial charge >= 0.3 is 0 Å². The minimum absolute atomic E-state index is 0.753. The molecule has 0 spiro atoms. The van der Waals surface area contributed by atoms with Gasteiger partial charge in [0, 0.05) is 17.3 Å². The van der Waals surface area contributed by atoms with Crippen molar-refractivity contribution in [3.8, 4) is 0 Å². The molecule has 1 aromatic heterocycles. The van der Waals surface area contributed by atoms with Crippen molar-refractivity contribution < 1.29 is 0 Å². The van der Waals surface area contributed by atoms with Gasteiger partial charge in [-0.3, -0.25) is 0 Å². The van der Waals surface area contributed by atoms with Crippen LogP contribution < -0.4 is 5.32 Å². The summed E-state index contributed by atoms with van der Waals surface area (Å²) in [5, 5.41) is 16.3. The van der Waals surface area contributed by atoms with Crippen molar-refractivity contribution >= 4 is 23.4 Å². The minimum atomic E-state index is 0.753. The molecule has 0 aliphatic rings. The molecule has 0 unspecified atom stereocenters. The fourth-order valence-electron chi connectivity index (χ4n) is 1.43. The van der Waals surface area contributed by atoms with Crippen LogP contribution in [0.25, 0.3) is 0 Å². The van der Waals surface area contributed by atoms with Gasteiger partial charge in [0.2, 0.25) is 5.16 Å². The molecule has 0 aliphatic carbocycles. The molecular weight excluding hydrogens is 270 g/mol. The Morgan fingerprint density at radius 3 is 3.11 bits per heavy atom. The van der Waals surface area contributed by atoms with Crippen LogP contribution in [0.1, 0.15) is 5.56 Å². The zero-order valence-corrected chi connectivity index (χ0v) is 11.6. The van der Waals surface area contributed by atoms with Gasteiger partial charge in [0.15, 0.2) is 0 Å². The summed E-state index contributed by atoms with van der Waals surface area (Å²) in [5.41, 5.74) is 1.16. The summed E-state index contributed by atoms with van der Waals surface area (Å²) in [6.45, 7) is 1.61. The van der Waals surface area contributed by atoms with E-state index in [4.69, 9.17) is 11.6 Å². The van der Waals surface area contributed by atoms with Gasteiger partial charge in [-0.05, 0) is 35.2 Å². The summed E-state index contributed by atoms with van der Waals surface area (Å²) >= 11 is 7.55. The zero-order chi connectivity index (χ0) is 12.8. The Balaban J connectivity index is 1.95. The van der Waals surface area contributed by atoms with E-state index in [9.17, 15) is 0 Å². The van der Waals surface area contributed by atoms with Gasteiger partial charge < -0.3 is 5.32 Å². The molecule has 2 aromatic rings. The second-order valence-corrected chi connectivity index (χ2v) is 5.09. The van der Waals surface area contributed by atoms with Gasteiger partial charge in [0.05, 0.1) is 6.54 Å². The Hall–Kier alpha value is -1.11. The molecule has 1 heterocycles. The van der Waals surface area contributed by atoms with Crippen LogP contribution in [0.3, 0.4) is 0 Å². The Labute approximate surface area is 115 Å². The normalized spacial score (nSPS) is 10.8. The standard InChI is InChI=1S/C11H14ClN5S/c1-13-5-6-17-11(14-15-16-17)18-8-9-3-2-4-10(12)7-9/h2-4,7,13H,5-6,8H2,1H3. The highest BCUT2D eigenvalue weighted by Gasteiger charge is 2.06. The summed E-state index contributed by atoms with van der Waals surface area (Å²) in [6.07, 6.45) is 0. The van der Waals surface area contributed by atoms with Crippen molar-refractivity contribution in [1.29, 1.82) is 0 Å². The zero-order valence-electron chi connectivity index (χ0n) is 10.0. The Morgan fingerprint density at radius 2 is 2.33 bits per heavy atom. The van der Waals surface area contributed by atoms with E-state index in [0.29, 0.717) is 0 Å². The van der Waals surface area contributed by atoms with Gasteiger partial charge in [-0.1, -0.05) is 35.5 Å². The topological polar surface area (TPSA) is 55.6 Å². The van der Waals surface area contributed by atoms with Crippen LogP contribution >= 0.6 is 23.4 Å². The third kappa shape index (κ3) is 3.69. The summed E-state index contributed by atoms with van der Waals surface area (Å²) in [5.74, 6) is 0.806. The molecule has 0 atom stereocenters. The molecule has 5 nitrogen and oxygen atoms in total. The molecule has 96 valence electrons. The number of benzene rings is 1. The molecule has 1 N–H and O–H groups in total. The lowest BCUT2D eigenvalue weighted by molar-refractivity contribution is 0.530. The summed E-state index contributed by atoms with van der Waals surface area (Å²) in [4.78, 5) is 0. The molecule has 0 aliphatic heterocycles. The molecule has 0 radical (unpaired) electrons. The maximum atomic E-state index is 5.94. The maximum absolute atomic E-state index is 5.94. The summed E-state index contributed by atoms with van der Waals surface area (Å²) in [7, 11) is 1.91. The second kappa shape index (κ2) is 6.72. The number of hydrogen-bond acceptors (Lipinski definition) is 5. The van der Waals surface area contributed by atoms with E-state index in [1.165, 1.54) is 0 Å². The third-order valence-electron chi connectivity index (χ3n) is 2.33. The average molecular weight is 284 g/mol. The van der Waals surface area contributed by atoms with E-state index in [1.54, 1.807) is 16.4 Å². The largest absolute Gasteiger partial charge is 0.318 e. The van der Waals surface area contributed by atoms with E-state index >= 15 is 0 Å². The van der Waals surface area contributed by atoms with Crippen LogP contribution in [-0.2, 0) is 12.3 Å². The van der Waals surface area contributed by atoms with Crippen molar-refractivity contribution in [1.82, 2.24) is 25.5 Å². The molecule has 7 heteroatoms. The minimum Gasteiger partial charge on any atom is -0.318 e. The van der Waals surface area contributed by atoms with Crippen molar-refractivity contribution in [2.24, 2.45) is 0 Å². The lowest BCUT2D eigenvalue weighted by atomic mass is 10.2. The molecule has 2 rings (SSSR count). The molecule has 0 bridgehead atoms. The number of halogens is 1. The SMILES string of the molecule is CNCCn1nnnc1SCc1cccc(Cl)c1. The van der Waals surface area contributed by atoms with Gasteiger partial charge in [0.25, 0.3) is 0 Å². The number of thioether (sulfide) groups is 1. The fraction of sp³-hybridized carbons (Fsp3) is 0.364. The summed E-state index contributed by atoms with van der Waals surface area (Å²) < 4.78 is 1.80. The number of likely N-dealkylation sites (N-methyl/N-ethyl adjacent to an activating group) is 1. The highest BCUT2D eigenvalue weighted by Crippen LogP contribution is 2.21. The Morgan fingerprint density at radius 1 is 1.44 bits per heavy atom. The number of aromatic nitrogens is 4. The summed E-state index contributed by atoms with van der Waals surface area (Å²) in [6, 6.07) is 7.81. The first-order valence-electron chi connectivity index (χ1n) is 5.57. The van der Waals surface area contributed by atoms with Crippen molar-refractivity contribution in [3.63, 3.8) is 0 Å². The number of rotatable bonds is 6. The van der Waals surface area contributed by atoms with E-state index in [2.05, 4.69) is 20.8 Å². The predicted molar refractivity (Wildman–Crippen MR) is 72.8 cm³/mol. The molecule has 1 aromatic carbocycles. The molecule has 0 amide bonds. The van der Waals surface area contributed by atoms with Crippen LogP contribution in [0, 0.1) is 0 Å². The monoisotopic (exact) mass is 283 g/mol. The van der Waals surface area contributed by atoms with Crippen LogP contribution in [0.15, 0.2) is 29.4 Å². The fourth-order valence-corrected chi connectivity index (χ4v) is 2.49. The number of tetrazole rings is 1. The van der Waals surface area contributed by atoms with Crippen molar-refractivity contribution in [2.45, 2.75) is 17.5 Å². The quantitative estimate of drug-likeness (QED) is 0.820. The van der Waals surface area contributed by atoms with Crippen molar-refractivity contribution in [2.75, 3.05) is 13.6 Å². The van der Waals surface area contributed by atoms with Gasteiger partial charge in [-0.25, -0.2) is 4.68 Å². The average Bonchev–Trinajstić information content (AvgIpc) is 2.81. The molecular formula is C11H14ClN5S. The van der Waals surface area contributed by atoms with Gasteiger partial charge in [-0.2, -0.15) is 0 Å². The second-order valence-electron chi connectivity index (χ2n) is 3.71. The first kappa shape index (κ1) is 13.3. The Bertz CT molecular complexity index is 502. The predicted octanol–water partition coefficient (Wildman–Crippen LogP) is 1.84. The lowest BCUT2D eigenvalue weighted by Crippen LogP contribution is -2.16. The molecule has 0 saturated carbocycles. The van der Waals surface area contributed by atoms with Crippen LogP contribution in [-0.4, -0.2) is 33.8 Å². The van der Waals surface area contributed by atoms with Crippen LogP contribution in [0.5, 0.6) is 0 Å². The highest BCUT2D eigenvalue weighted by atomic mass is 35.5. The van der Waals surface area contributed by atoms with E-state index < -0.39 is 0 Å².